The molecule has 3 heterocycles. The molecule has 0 aliphatic carbocycles. The van der Waals surface area contributed by atoms with Crippen LogP contribution in [0.5, 0.6) is 0 Å². The normalized spacial score (nSPS) is 31.1. The first kappa shape index (κ1) is 12.5. The summed E-state index contributed by atoms with van der Waals surface area (Å²) in [4.78, 5) is 12.0. The second-order valence-corrected chi connectivity index (χ2v) is 4.59. The van der Waals surface area contributed by atoms with Crippen molar-refractivity contribution in [1.82, 2.24) is 19.5 Å². The van der Waals surface area contributed by atoms with Crippen LogP contribution in [0.3, 0.4) is 0 Å². The van der Waals surface area contributed by atoms with E-state index in [0.29, 0.717) is 11.2 Å². The van der Waals surface area contributed by atoms with Gasteiger partial charge in [-0.2, -0.15) is 0 Å². The largest absolute Gasteiger partial charge is 0.387 e. The number of nitrogen functional groups attached to an aromatic ring is 1. The molecule has 102 valence electrons. The third-order valence-corrected chi connectivity index (χ3v) is 3.45. The molecule has 0 bridgehead atoms. The zero-order chi connectivity index (χ0) is 13.6. The molecular weight excluding hydrogens is 274 g/mol. The fraction of sp³-hybridized carbons (Fsp3) is 0.500. The van der Waals surface area contributed by atoms with E-state index >= 15 is 0 Å². The number of alkyl halides is 1. The van der Waals surface area contributed by atoms with E-state index < -0.39 is 24.5 Å². The Kier molecular flexibility index (Phi) is 3.02. The summed E-state index contributed by atoms with van der Waals surface area (Å²) in [6.45, 7) is 0. The Morgan fingerprint density at radius 3 is 2.79 bits per heavy atom. The van der Waals surface area contributed by atoms with E-state index in [1.165, 1.54) is 17.2 Å². The van der Waals surface area contributed by atoms with Crippen molar-refractivity contribution in [3.8, 4) is 0 Å². The molecule has 1 aliphatic heterocycles. The summed E-state index contributed by atoms with van der Waals surface area (Å²) in [6.07, 6.45) is -0.882. The molecular formula is C10H12ClN5O3. The minimum atomic E-state index is -1.11. The van der Waals surface area contributed by atoms with Crippen molar-refractivity contribution >= 4 is 28.6 Å². The maximum absolute atomic E-state index is 10.0. The van der Waals surface area contributed by atoms with Gasteiger partial charge in [-0.05, 0) is 0 Å². The summed E-state index contributed by atoms with van der Waals surface area (Å²) < 4.78 is 7.03. The van der Waals surface area contributed by atoms with Crippen LogP contribution in [-0.4, -0.2) is 53.9 Å². The van der Waals surface area contributed by atoms with E-state index in [9.17, 15) is 10.2 Å². The summed E-state index contributed by atoms with van der Waals surface area (Å²) in [5, 5.41) is 19.8. The van der Waals surface area contributed by atoms with Gasteiger partial charge < -0.3 is 20.7 Å². The second-order valence-electron chi connectivity index (χ2n) is 4.28. The number of aliphatic hydroxyl groups is 2. The summed E-state index contributed by atoms with van der Waals surface area (Å²) in [7, 11) is 0. The Bertz CT molecular complexity index is 606. The van der Waals surface area contributed by atoms with Gasteiger partial charge in [0.1, 0.15) is 30.2 Å². The first-order chi connectivity index (χ1) is 9.13. The minimum absolute atomic E-state index is 0.0818. The molecule has 0 saturated carbocycles. The molecule has 4 N–H and O–H groups in total. The monoisotopic (exact) mass is 285 g/mol. The number of hydrogen-bond acceptors (Lipinski definition) is 7. The van der Waals surface area contributed by atoms with Crippen molar-refractivity contribution in [1.29, 1.82) is 0 Å². The fourth-order valence-corrected chi connectivity index (χ4v) is 2.40. The van der Waals surface area contributed by atoms with Crippen LogP contribution < -0.4 is 5.73 Å². The Morgan fingerprint density at radius 1 is 1.32 bits per heavy atom. The van der Waals surface area contributed by atoms with Gasteiger partial charge in [0.25, 0.3) is 0 Å². The lowest BCUT2D eigenvalue weighted by atomic mass is 10.1. The molecule has 1 aliphatic rings. The predicted octanol–water partition coefficient (Wildman–Crippen LogP) is -0.734. The van der Waals surface area contributed by atoms with Crippen molar-refractivity contribution in [2.45, 2.75) is 24.5 Å². The molecule has 8 nitrogen and oxygen atoms in total. The first-order valence-corrected chi connectivity index (χ1v) is 6.17. The molecule has 2 aromatic rings. The number of aromatic nitrogens is 4. The molecule has 0 unspecified atom stereocenters. The van der Waals surface area contributed by atoms with E-state index in [-0.39, 0.29) is 11.7 Å². The number of fused-ring (bicyclic) bond motifs is 1. The van der Waals surface area contributed by atoms with E-state index in [1.807, 2.05) is 0 Å². The zero-order valence-corrected chi connectivity index (χ0v) is 10.5. The van der Waals surface area contributed by atoms with E-state index in [4.69, 9.17) is 22.1 Å². The summed E-state index contributed by atoms with van der Waals surface area (Å²) in [5.74, 6) is 0.323. The highest BCUT2D eigenvalue weighted by molar-refractivity contribution is 6.18. The molecule has 4 atom stereocenters. The summed E-state index contributed by atoms with van der Waals surface area (Å²) >= 11 is 5.67. The van der Waals surface area contributed by atoms with Crippen LogP contribution in [0.15, 0.2) is 12.7 Å². The van der Waals surface area contributed by atoms with Crippen LogP contribution in [0.4, 0.5) is 5.82 Å². The molecule has 0 amide bonds. The number of nitrogens with zero attached hydrogens (tertiary/aromatic N) is 4. The van der Waals surface area contributed by atoms with Gasteiger partial charge in [0, 0.05) is 0 Å². The number of imidazole rings is 1. The minimum Gasteiger partial charge on any atom is -0.387 e. The van der Waals surface area contributed by atoms with Crippen LogP contribution >= 0.6 is 11.6 Å². The molecule has 0 aromatic carbocycles. The SMILES string of the molecule is Nc1ncnc2c1ncn2[C@H]1O[C@H](CCl)[C@H](O)[C@@H]1O. The first-order valence-electron chi connectivity index (χ1n) is 5.64. The van der Waals surface area contributed by atoms with Crippen LogP contribution in [0, 0.1) is 0 Å². The number of anilines is 1. The van der Waals surface area contributed by atoms with Crippen molar-refractivity contribution in [3.63, 3.8) is 0 Å². The molecule has 3 rings (SSSR count). The van der Waals surface area contributed by atoms with Gasteiger partial charge in [0.15, 0.2) is 17.7 Å². The number of aliphatic hydroxyl groups excluding tert-OH is 2. The molecule has 1 saturated heterocycles. The van der Waals surface area contributed by atoms with Crippen LogP contribution in [0.1, 0.15) is 6.23 Å². The lowest BCUT2D eigenvalue weighted by Gasteiger charge is -2.16. The standard InChI is InChI=1S/C10H12ClN5O3/c11-1-4-6(17)7(18)10(19-4)16-3-15-5-8(12)13-2-14-9(5)16/h2-4,6-7,10,17-18H,1H2,(H2,12,13,14)/t4-,6+,7+,10+/m1/s1. The molecule has 0 radical (unpaired) electrons. The smallest absolute Gasteiger partial charge is 0.167 e. The molecule has 9 heteroatoms. The number of halogens is 1. The number of ether oxygens (including phenoxy) is 1. The topological polar surface area (TPSA) is 119 Å². The highest BCUT2D eigenvalue weighted by Crippen LogP contribution is 2.32. The van der Waals surface area contributed by atoms with Crippen molar-refractivity contribution in [3.05, 3.63) is 12.7 Å². The van der Waals surface area contributed by atoms with Gasteiger partial charge in [-0.15, -0.1) is 11.6 Å². The fourth-order valence-electron chi connectivity index (χ4n) is 2.14. The maximum atomic E-state index is 10.0. The quantitative estimate of drug-likeness (QED) is 0.622. The Hall–Kier alpha value is -1.48. The van der Waals surface area contributed by atoms with Gasteiger partial charge in [0.05, 0.1) is 12.2 Å². The highest BCUT2D eigenvalue weighted by Gasteiger charge is 2.43. The average molecular weight is 286 g/mol. The summed E-state index contributed by atoms with van der Waals surface area (Å²) in [6, 6.07) is 0. The highest BCUT2D eigenvalue weighted by atomic mass is 35.5. The van der Waals surface area contributed by atoms with Crippen molar-refractivity contribution < 1.29 is 14.9 Å². The molecule has 0 spiro atoms. The Labute approximate surface area is 112 Å². The van der Waals surface area contributed by atoms with Gasteiger partial charge >= 0.3 is 0 Å². The van der Waals surface area contributed by atoms with Gasteiger partial charge in [0.2, 0.25) is 0 Å². The van der Waals surface area contributed by atoms with Crippen LogP contribution in [-0.2, 0) is 4.74 Å². The molecule has 1 fully saturated rings. The molecule has 2 aromatic heterocycles. The lowest BCUT2D eigenvalue weighted by Crippen LogP contribution is -2.32. The van der Waals surface area contributed by atoms with Crippen molar-refractivity contribution in [2.75, 3.05) is 11.6 Å². The predicted molar refractivity (Wildman–Crippen MR) is 66.4 cm³/mol. The Morgan fingerprint density at radius 2 is 2.11 bits per heavy atom. The third-order valence-electron chi connectivity index (χ3n) is 3.15. The lowest BCUT2D eigenvalue weighted by molar-refractivity contribution is -0.0291. The molecule has 19 heavy (non-hydrogen) atoms. The third kappa shape index (κ3) is 1.84. The average Bonchev–Trinajstić information content (AvgIpc) is 2.94. The van der Waals surface area contributed by atoms with Gasteiger partial charge in [-0.1, -0.05) is 0 Å². The van der Waals surface area contributed by atoms with E-state index in [1.54, 1.807) is 0 Å². The van der Waals surface area contributed by atoms with Crippen LogP contribution in [0.2, 0.25) is 0 Å². The van der Waals surface area contributed by atoms with E-state index in [0.717, 1.165) is 0 Å². The summed E-state index contributed by atoms with van der Waals surface area (Å²) in [5.41, 5.74) is 6.53. The second kappa shape index (κ2) is 4.57. The number of rotatable bonds is 2. The maximum Gasteiger partial charge on any atom is 0.167 e. The number of hydrogen-bond donors (Lipinski definition) is 3. The van der Waals surface area contributed by atoms with Crippen LogP contribution in [0.25, 0.3) is 11.2 Å². The number of nitrogens with two attached hydrogens (primary N) is 1. The van der Waals surface area contributed by atoms with Gasteiger partial charge in [-0.25, -0.2) is 15.0 Å². The Balaban J connectivity index is 2.04. The van der Waals surface area contributed by atoms with Crippen molar-refractivity contribution in [2.24, 2.45) is 0 Å². The van der Waals surface area contributed by atoms with Gasteiger partial charge in [-0.3, -0.25) is 4.57 Å². The zero-order valence-electron chi connectivity index (χ0n) is 9.72. The van der Waals surface area contributed by atoms with E-state index in [2.05, 4.69) is 15.0 Å².